The number of unbranched alkanes of at least 4 members (excludes halogenated alkanes) is 1. The van der Waals surface area contributed by atoms with Crippen LogP contribution in [0.3, 0.4) is 0 Å². The molecule has 0 aliphatic rings. The molecule has 0 aromatic rings. The molecule has 3 heteroatoms. The van der Waals surface area contributed by atoms with Crippen LogP contribution >= 0.6 is 0 Å². The summed E-state index contributed by atoms with van der Waals surface area (Å²) in [7, 11) is 1.66. The molecule has 0 saturated carbocycles. The molecule has 1 unspecified atom stereocenters. The lowest BCUT2D eigenvalue weighted by Gasteiger charge is -2.12. The molecule has 3 nitrogen and oxygen atoms in total. The van der Waals surface area contributed by atoms with Crippen LogP contribution in [-0.2, 0) is 9.53 Å². The van der Waals surface area contributed by atoms with Gasteiger partial charge in [-0.2, -0.15) is 0 Å². The van der Waals surface area contributed by atoms with Crippen molar-refractivity contribution in [1.29, 1.82) is 0 Å². The van der Waals surface area contributed by atoms with Crippen LogP contribution in [-0.4, -0.2) is 26.2 Å². The molecule has 0 aliphatic heterocycles. The van der Waals surface area contributed by atoms with E-state index >= 15 is 0 Å². The Morgan fingerprint density at radius 2 is 2.15 bits per heavy atom. The van der Waals surface area contributed by atoms with Crippen LogP contribution in [0.5, 0.6) is 0 Å². The zero-order valence-electron chi connectivity index (χ0n) is 8.93. The van der Waals surface area contributed by atoms with Crippen LogP contribution in [0.4, 0.5) is 0 Å². The van der Waals surface area contributed by atoms with E-state index in [2.05, 4.69) is 12.2 Å². The Hall–Kier alpha value is -0.570. The average Bonchev–Trinajstić information content (AvgIpc) is 2.17. The predicted octanol–water partition coefficient (Wildman–Crippen LogP) is 1.58. The summed E-state index contributed by atoms with van der Waals surface area (Å²) >= 11 is 0. The first kappa shape index (κ1) is 12.4. The Labute approximate surface area is 80.8 Å². The van der Waals surface area contributed by atoms with Gasteiger partial charge in [0.2, 0.25) is 5.91 Å². The zero-order chi connectivity index (χ0) is 10.1. The summed E-state index contributed by atoms with van der Waals surface area (Å²) in [6, 6.07) is 0. The van der Waals surface area contributed by atoms with E-state index in [0.717, 1.165) is 25.9 Å². The van der Waals surface area contributed by atoms with Gasteiger partial charge in [-0.3, -0.25) is 4.79 Å². The summed E-state index contributed by atoms with van der Waals surface area (Å²) in [5, 5.41) is 2.64. The highest BCUT2D eigenvalue weighted by Gasteiger charge is 2.14. The van der Waals surface area contributed by atoms with Crippen LogP contribution in [0, 0.1) is 5.92 Å². The average molecular weight is 187 g/mol. The maximum Gasteiger partial charge on any atom is 0.225 e. The maximum absolute atomic E-state index is 11.2. The van der Waals surface area contributed by atoms with Crippen molar-refractivity contribution in [3.63, 3.8) is 0 Å². The molecule has 0 saturated heterocycles. The SMILES string of the molecule is CCCCOCC(CC)C(=O)NC. The lowest BCUT2D eigenvalue weighted by atomic mass is 10.1. The molecule has 0 rings (SSSR count). The Kier molecular flexibility index (Phi) is 7.69. The highest BCUT2D eigenvalue weighted by atomic mass is 16.5. The van der Waals surface area contributed by atoms with Gasteiger partial charge in [0.05, 0.1) is 12.5 Å². The molecule has 0 fully saturated rings. The van der Waals surface area contributed by atoms with Gasteiger partial charge in [0.15, 0.2) is 0 Å². The molecule has 1 N–H and O–H groups in total. The molecule has 78 valence electrons. The van der Waals surface area contributed by atoms with Crippen molar-refractivity contribution in [2.45, 2.75) is 33.1 Å². The van der Waals surface area contributed by atoms with Crippen molar-refractivity contribution >= 4 is 5.91 Å². The summed E-state index contributed by atoms with van der Waals surface area (Å²) in [6.07, 6.45) is 3.05. The fraction of sp³-hybridized carbons (Fsp3) is 0.900. The number of hydrogen-bond donors (Lipinski definition) is 1. The number of nitrogens with one attached hydrogen (secondary N) is 1. The quantitative estimate of drug-likeness (QED) is 0.614. The molecule has 0 radical (unpaired) electrons. The molecule has 0 aromatic carbocycles. The zero-order valence-corrected chi connectivity index (χ0v) is 8.93. The minimum Gasteiger partial charge on any atom is -0.381 e. The van der Waals surface area contributed by atoms with E-state index in [1.54, 1.807) is 7.05 Å². The number of ether oxygens (including phenoxy) is 1. The van der Waals surface area contributed by atoms with Crippen molar-refractivity contribution in [2.75, 3.05) is 20.3 Å². The molecular weight excluding hydrogens is 166 g/mol. The van der Waals surface area contributed by atoms with Gasteiger partial charge in [-0.1, -0.05) is 20.3 Å². The Bertz CT molecular complexity index is 137. The van der Waals surface area contributed by atoms with Gasteiger partial charge < -0.3 is 10.1 Å². The third-order valence-corrected chi connectivity index (χ3v) is 2.07. The van der Waals surface area contributed by atoms with Crippen LogP contribution < -0.4 is 5.32 Å². The molecule has 0 aromatic heterocycles. The van der Waals surface area contributed by atoms with Gasteiger partial charge in [-0.25, -0.2) is 0 Å². The molecule has 13 heavy (non-hydrogen) atoms. The smallest absolute Gasteiger partial charge is 0.225 e. The topological polar surface area (TPSA) is 38.3 Å². The number of carbonyl (C=O) groups is 1. The van der Waals surface area contributed by atoms with Gasteiger partial charge in [0.1, 0.15) is 0 Å². The van der Waals surface area contributed by atoms with E-state index in [4.69, 9.17) is 4.74 Å². The third kappa shape index (κ3) is 5.64. The van der Waals surface area contributed by atoms with E-state index in [9.17, 15) is 4.79 Å². The molecular formula is C10H21NO2. The summed E-state index contributed by atoms with van der Waals surface area (Å²) in [5.74, 6) is 0.0980. The number of amides is 1. The first-order chi connectivity index (χ1) is 6.26. The van der Waals surface area contributed by atoms with E-state index in [1.807, 2.05) is 6.92 Å². The first-order valence-corrected chi connectivity index (χ1v) is 5.05. The second-order valence-electron chi connectivity index (χ2n) is 3.15. The predicted molar refractivity (Wildman–Crippen MR) is 53.6 cm³/mol. The normalized spacial score (nSPS) is 12.5. The van der Waals surface area contributed by atoms with Gasteiger partial charge >= 0.3 is 0 Å². The van der Waals surface area contributed by atoms with Crippen LogP contribution in [0.25, 0.3) is 0 Å². The van der Waals surface area contributed by atoms with Crippen molar-refractivity contribution in [3.05, 3.63) is 0 Å². The fourth-order valence-corrected chi connectivity index (χ4v) is 1.06. The highest BCUT2D eigenvalue weighted by Crippen LogP contribution is 2.03. The second-order valence-corrected chi connectivity index (χ2v) is 3.15. The molecule has 0 spiro atoms. The minimum absolute atomic E-state index is 0.0156. The van der Waals surface area contributed by atoms with Gasteiger partial charge in [-0.05, 0) is 12.8 Å². The molecule has 1 atom stereocenters. The summed E-state index contributed by atoms with van der Waals surface area (Å²) in [4.78, 5) is 11.2. The van der Waals surface area contributed by atoms with Gasteiger partial charge in [0, 0.05) is 13.7 Å². The molecule has 1 amide bonds. The van der Waals surface area contributed by atoms with Crippen LogP contribution in [0.15, 0.2) is 0 Å². The summed E-state index contributed by atoms with van der Waals surface area (Å²) < 4.78 is 5.39. The summed E-state index contributed by atoms with van der Waals surface area (Å²) in [6.45, 7) is 5.45. The highest BCUT2D eigenvalue weighted by molar-refractivity contribution is 5.78. The van der Waals surface area contributed by atoms with E-state index in [-0.39, 0.29) is 11.8 Å². The first-order valence-electron chi connectivity index (χ1n) is 5.05. The van der Waals surface area contributed by atoms with Crippen LogP contribution in [0.1, 0.15) is 33.1 Å². The van der Waals surface area contributed by atoms with Crippen molar-refractivity contribution in [3.8, 4) is 0 Å². The van der Waals surface area contributed by atoms with Gasteiger partial charge in [0.25, 0.3) is 0 Å². The van der Waals surface area contributed by atoms with E-state index in [1.165, 1.54) is 0 Å². The maximum atomic E-state index is 11.2. The Morgan fingerprint density at radius 3 is 2.62 bits per heavy atom. The lowest BCUT2D eigenvalue weighted by Crippen LogP contribution is -2.30. The molecule has 0 bridgehead atoms. The van der Waals surface area contributed by atoms with Crippen molar-refractivity contribution in [1.82, 2.24) is 5.32 Å². The number of hydrogen-bond acceptors (Lipinski definition) is 2. The fourth-order valence-electron chi connectivity index (χ4n) is 1.06. The van der Waals surface area contributed by atoms with Gasteiger partial charge in [-0.15, -0.1) is 0 Å². The third-order valence-electron chi connectivity index (χ3n) is 2.07. The lowest BCUT2D eigenvalue weighted by molar-refractivity contribution is -0.126. The Balaban J connectivity index is 3.53. The molecule has 0 aliphatic carbocycles. The molecule has 0 heterocycles. The van der Waals surface area contributed by atoms with E-state index < -0.39 is 0 Å². The van der Waals surface area contributed by atoms with Crippen LogP contribution in [0.2, 0.25) is 0 Å². The Morgan fingerprint density at radius 1 is 1.46 bits per heavy atom. The van der Waals surface area contributed by atoms with Crippen molar-refractivity contribution in [2.24, 2.45) is 5.92 Å². The minimum atomic E-state index is 0.0156. The van der Waals surface area contributed by atoms with E-state index in [0.29, 0.717) is 6.61 Å². The summed E-state index contributed by atoms with van der Waals surface area (Å²) in [5.41, 5.74) is 0. The standard InChI is InChI=1S/C10H21NO2/c1-4-6-7-13-8-9(5-2)10(12)11-3/h9H,4-8H2,1-3H3,(H,11,12). The second kappa shape index (κ2) is 8.05. The van der Waals surface area contributed by atoms with Crippen molar-refractivity contribution < 1.29 is 9.53 Å². The largest absolute Gasteiger partial charge is 0.381 e. The number of carbonyl (C=O) groups excluding carboxylic acids is 1. The monoisotopic (exact) mass is 187 g/mol. The number of rotatable bonds is 7.